The average Bonchev–Trinajstić information content (AvgIpc) is 2.49. The summed E-state index contributed by atoms with van der Waals surface area (Å²) in [4.78, 5) is 0. The van der Waals surface area contributed by atoms with Gasteiger partial charge in [0.2, 0.25) is 0 Å². The minimum Gasteiger partial charge on any atom is -0.495 e. The minimum atomic E-state index is 0.0575. The van der Waals surface area contributed by atoms with E-state index in [1.54, 1.807) is 13.2 Å². The topological polar surface area (TPSA) is 21.3 Å². The Labute approximate surface area is 140 Å². The monoisotopic (exact) mass is 343 g/mol. The Balaban J connectivity index is 2.29. The number of ether oxygens (including phenoxy) is 1. The van der Waals surface area contributed by atoms with Crippen molar-refractivity contribution >= 4 is 34.8 Å². The van der Waals surface area contributed by atoms with Gasteiger partial charge in [-0.1, -0.05) is 46.9 Å². The molecule has 5 heteroatoms. The van der Waals surface area contributed by atoms with Gasteiger partial charge in [0.25, 0.3) is 0 Å². The number of hydrogen-bond donors (Lipinski definition) is 1. The van der Waals surface area contributed by atoms with Gasteiger partial charge in [-0.25, -0.2) is 0 Å². The average molecular weight is 345 g/mol. The number of nitrogens with one attached hydrogen (secondary N) is 1. The molecular weight excluding hydrogens is 329 g/mol. The summed E-state index contributed by atoms with van der Waals surface area (Å²) >= 11 is 18.5. The lowest BCUT2D eigenvalue weighted by Gasteiger charge is -2.19. The van der Waals surface area contributed by atoms with E-state index in [4.69, 9.17) is 39.5 Å². The molecule has 0 aliphatic carbocycles. The van der Waals surface area contributed by atoms with Crippen molar-refractivity contribution in [3.63, 3.8) is 0 Å². The van der Waals surface area contributed by atoms with E-state index < -0.39 is 0 Å². The summed E-state index contributed by atoms with van der Waals surface area (Å²) in [5, 5.41) is 5.18. The van der Waals surface area contributed by atoms with Gasteiger partial charge in [-0.3, -0.25) is 0 Å². The van der Waals surface area contributed by atoms with E-state index in [-0.39, 0.29) is 6.04 Å². The molecule has 0 saturated heterocycles. The summed E-state index contributed by atoms with van der Waals surface area (Å²) < 4.78 is 5.17. The van der Waals surface area contributed by atoms with Gasteiger partial charge in [-0.05, 0) is 42.8 Å². The molecule has 2 aromatic carbocycles. The quantitative estimate of drug-likeness (QED) is 0.809. The Morgan fingerprint density at radius 2 is 1.71 bits per heavy atom. The van der Waals surface area contributed by atoms with Crippen LogP contribution in [0, 0.1) is 0 Å². The second-order valence-electron chi connectivity index (χ2n) is 4.68. The molecule has 1 N–H and O–H groups in total. The van der Waals surface area contributed by atoms with E-state index in [1.165, 1.54) is 5.56 Å². The largest absolute Gasteiger partial charge is 0.495 e. The van der Waals surface area contributed by atoms with Crippen LogP contribution in [0.3, 0.4) is 0 Å². The van der Waals surface area contributed by atoms with Crippen molar-refractivity contribution in [2.75, 3.05) is 14.2 Å². The number of rotatable bonds is 5. The van der Waals surface area contributed by atoms with Crippen molar-refractivity contribution < 1.29 is 4.74 Å². The summed E-state index contributed by atoms with van der Waals surface area (Å²) in [5.74, 6) is 0.576. The zero-order valence-corrected chi connectivity index (χ0v) is 14.1. The first-order valence-electron chi connectivity index (χ1n) is 6.49. The molecule has 0 aliphatic heterocycles. The molecule has 2 aromatic rings. The molecule has 0 aromatic heterocycles. The maximum atomic E-state index is 6.35. The van der Waals surface area contributed by atoms with Gasteiger partial charge in [0.05, 0.1) is 12.1 Å². The maximum Gasteiger partial charge on any atom is 0.138 e. The highest BCUT2D eigenvalue weighted by molar-refractivity contribution is 6.34. The predicted octanol–water partition coefficient (Wildman–Crippen LogP) is 5.16. The van der Waals surface area contributed by atoms with Crippen LogP contribution in [0.25, 0.3) is 0 Å². The van der Waals surface area contributed by atoms with E-state index in [0.29, 0.717) is 15.8 Å². The van der Waals surface area contributed by atoms with E-state index in [0.717, 1.165) is 17.0 Å². The zero-order chi connectivity index (χ0) is 15.4. The molecular formula is C16H16Cl3NO. The third kappa shape index (κ3) is 4.04. The predicted molar refractivity (Wildman–Crippen MR) is 90.0 cm³/mol. The standard InChI is InChI=1S/C16H16Cl3NO/c1-20-15(7-10-3-5-11(17)6-4-10)12-8-14(19)16(21-2)9-13(12)18/h3-6,8-9,15,20H,7H2,1-2H3. The molecule has 0 heterocycles. The zero-order valence-electron chi connectivity index (χ0n) is 11.8. The first kappa shape index (κ1) is 16.4. The van der Waals surface area contributed by atoms with Gasteiger partial charge in [0.15, 0.2) is 0 Å². The van der Waals surface area contributed by atoms with Gasteiger partial charge in [-0.2, -0.15) is 0 Å². The molecule has 0 amide bonds. The molecule has 0 saturated carbocycles. The Hall–Kier alpha value is -0.930. The van der Waals surface area contributed by atoms with Crippen LogP contribution >= 0.6 is 34.8 Å². The lowest BCUT2D eigenvalue weighted by Crippen LogP contribution is -2.19. The van der Waals surface area contributed by atoms with Crippen molar-refractivity contribution in [1.29, 1.82) is 0 Å². The smallest absolute Gasteiger partial charge is 0.138 e. The van der Waals surface area contributed by atoms with Crippen LogP contribution in [0.2, 0.25) is 15.1 Å². The van der Waals surface area contributed by atoms with Crippen LogP contribution < -0.4 is 10.1 Å². The van der Waals surface area contributed by atoms with Gasteiger partial charge >= 0.3 is 0 Å². The number of halogens is 3. The van der Waals surface area contributed by atoms with Crippen molar-refractivity contribution in [2.24, 2.45) is 0 Å². The van der Waals surface area contributed by atoms with E-state index in [2.05, 4.69) is 5.32 Å². The van der Waals surface area contributed by atoms with Gasteiger partial charge in [0.1, 0.15) is 5.75 Å². The highest BCUT2D eigenvalue weighted by atomic mass is 35.5. The maximum absolute atomic E-state index is 6.35. The van der Waals surface area contributed by atoms with Gasteiger partial charge < -0.3 is 10.1 Å². The van der Waals surface area contributed by atoms with Crippen LogP contribution in [0.5, 0.6) is 5.75 Å². The molecule has 21 heavy (non-hydrogen) atoms. The second kappa shape index (κ2) is 7.37. The molecule has 0 spiro atoms. The fourth-order valence-corrected chi connectivity index (χ4v) is 2.85. The Morgan fingerprint density at radius 3 is 2.29 bits per heavy atom. The summed E-state index contributed by atoms with van der Waals surface area (Å²) in [5.41, 5.74) is 2.11. The Kier molecular flexibility index (Phi) is 5.77. The number of likely N-dealkylation sites (N-methyl/N-ethyl adjacent to an activating group) is 1. The third-order valence-corrected chi connectivity index (χ3v) is 4.22. The van der Waals surface area contributed by atoms with Crippen molar-refractivity contribution in [3.8, 4) is 5.75 Å². The van der Waals surface area contributed by atoms with Gasteiger partial charge in [-0.15, -0.1) is 0 Å². The summed E-state index contributed by atoms with van der Waals surface area (Å²) in [6, 6.07) is 11.4. The van der Waals surface area contributed by atoms with Crippen molar-refractivity contribution in [1.82, 2.24) is 5.32 Å². The Morgan fingerprint density at radius 1 is 1.05 bits per heavy atom. The Bertz CT molecular complexity index is 614. The second-order valence-corrected chi connectivity index (χ2v) is 5.93. The lowest BCUT2D eigenvalue weighted by atomic mass is 9.99. The van der Waals surface area contributed by atoms with Crippen LogP contribution in [0.4, 0.5) is 0 Å². The molecule has 2 rings (SSSR count). The minimum absolute atomic E-state index is 0.0575. The summed E-state index contributed by atoms with van der Waals surface area (Å²) in [6.07, 6.45) is 0.788. The third-order valence-electron chi connectivity index (χ3n) is 3.35. The molecule has 112 valence electrons. The van der Waals surface area contributed by atoms with Gasteiger partial charge in [0, 0.05) is 22.2 Å². The number of hydrogen-bond acceptors (Lipinski definition) is 2. The number of methoxy groups -OCH3 is 1. The highest BCUT2D eigenvalue weighted by Gasteiger charge is 2.16. The van der Waals surface area contributed by atoms with Crippen LogP contribution in [-0.2, 0) is 6.42 Å². The molecule has 1 atom stereocenters. The molecule has 1 unspecified atom stereocenters. The fourth-order valence-electron chi connectivity index (χ4n) is 2.19. The molecule has 2 nitrogen and oxygen atoms in total. The normalized spacial score (nSPS) is 12.2. The first-order chi connectivity index (χ1) is 10.0. The van der Waals surface area contributed by atoms with Crippen molar-refractivity contribution in [3.05, 3.63) is 62.6 Å². The van der Waals surface area contributed by atoms with Crippen LogP contribution in [-0.4, -0.2) is 14.2 Å². The molecule has 0 aliphatic rings. The van der Waals surface area contributed by atoms with E-state index >= 15 is 0 Å². The first-order valence-corrected chi connectivity index (χ1v) is 7.63. The highest BCUT2D eigenvalue weighted by Crippen LogP contribution is 2.35. The molecule has 0 fully saturated rings. The van der Waals surface area contributed by atoms with E-state index in [9.17, 15) is 0 Å². The van der Waals surface area contributed by atoms with E-state index in [1.807, 2.05) is 37.4 Å². The molecule has 0 radical (unpaired) electrons. The fraction of sp³-hybridized carbons (Fsp3) is 0.250. The summed E-state index contributed by atoms with van der Waals surface area (Å²) in [7, 11) is 3.47. The summed E-state index contributed by atoms with van der Waals surface area (Å²) in [6.45, 7) is 0. The number of benzene rings is 2. The van der Waals surface area contributed by atoms with Crippen LogP contribution in [0.15, 0.2) is 36.4 Å². The van der Waals surface area contributed by atoms with Crippen LogP contribution in [0.1, 0.15) is 17.2 Å². The van der Waals surface area contributed by atoms with Crippen molar-refractivity contribution in [2.45, 2.75) is 12.5 Å². The molecule has 0 bridgehead atoms. The lowest BCUT2D eigenvalue weighted by molar-refractivity contribution is 0.414. The SMILES string of the molecule is CNC(Cc1ccc(Cl)cc1)c1cc(Cl)c(OC)cc1Cl.